The van der Waals surface area contributed by atoms with Crippen molar-refractivity contribution in [1.82, 2.24) is 19.5 Å². The van der Waals surface area contributed by atoms with Crippen molar-refractivity contribution in [3.05, 3.63) is 59.5 Å². The highest BCUT2D eigenvalue weighted by Crippen LogP contribution is 2.38. The molecule has 2 aliphatic heterocycles. The van der Waals surface area contributed by atoms with Crippen LogP contribution in [0.2, 0.25) is 0 Å². The van der Waals surface area contributed by atoms with Gasteiger partial charge in [-0.15, -0.1) is 0 Å². The van der Waals surface area contributed by atoms with Crippen molar-refractivity contribution >= 4 is 17.2 Å². The van der Waals surface area contributed by atoms with Crippen LogP contribution in [0.4, 0.5) is 5.82 Å². The van der Waals surface area contributed by atoms with Crippen LogP contribution < -0.4 is 5.32 Å². The first-order valence-corrected chi connectivity index (χ1v) is 10.8. The van der Waals surface area contributed by atoms with Gasteiger partial charge in [0.2, 0.25) is 0 Å². The first kappa shape index (κ1) is 20.0. The molecule has 0 spiro atoms. The zero-order valence-electron chi connectivity index (χ0n) is 17.5. The minimum Gasteiger partial charge on any atom is -0.394 e. The number of nitrogens with zero attached hydrogens (tertiary/aromatic N) is 4. The second-order valence-electron chi connectivity index (χ2n) is 8.58. The minimum atomic E-state index is -0.326. The molecule has 162 valence electrons. The molecule has 8 nitrogen and oxygen atoms in total. The summed E-state index contributed by atoms with van der Waals surface area (Å²) in [6.07, 6.45) is 6.09. The van der Waals surface area contributed by atoms with E-state index in [1.54, 1.807) is 10.7 Å². The van der Waals surface area contributed by atoms with Crippen LogP contribution in [-0.2, 0) is 0 Å². The summed E-state index contributed by atoms with van der Waals surface area (Å²) in [6, 6.07) is 9.57. The quantitative estimate of drug-likeness (QED) is 0.584. The normalized spacial score (nSPS) is 23.8. The van der Waals surface area contributed by atoms with E-state index >= 15 is 0 Å². The summed E-state index contributed by atoms with van der Waals surface area (Å²) in [5, 5.41) is 27.6. The van der Waals surface area contributed by atoms with Crippen molar-refractivity contribution in [1.29, 1.82) is 0 Å². The van der Waals surface area contributed by atoms with Crippen LogP contribution in [0.3, 0.4) is 0 Å². The molecule has 2 fully saturated rings. The van der Waals surface area contributed by atoms with E-state index in [0.29, 0.717) is 24.2 Å². The lowest BCUT2D eigenvalue weighted by Gasteiger charge is -2.37. The summed E-state index contributed by atoms with van der Waals surface area (Å²) in [4.78, 5) is 19.9. The van der Waals surface area contributed by atoms with Gasteiger partial charge in [-0.25, -0.2) is 9.50 Å². The lowest BCUT2D eigenvalue weighted by Crippen LogP contribution is -2.48. The molecule has 3 atom stereocenters. The van der Waals surface area contributed by atoms with Crippen molar-refractivity contribution in [3.8, 4) is 0 Å². The molecule has 4 heterocycles. The number of aliphatic hydroxyl groups excluding tert-OH is 2. The molecule has 1 aromatic carbocycles. The van der Waals surface area contributed by atoms with Crippen LogP contribution in [0, 0.1) is 6.92 Å². The number of piperidine rings is 1. The fourth-order valence-electron chi connectivity index (χ4n) is 5.19. The number of benzene rings is 1. The van der Waals surface area contributed by atoms with E-state index in [9.17, 15) is 15.0 Å². The lowest BCUT2D eigenvalue weighted by molar-refractivity contribution is 0.0286. The number of aliphatic hydroxyl groups is 2. The average Bonchev–Trinajstić information content (AvgIpc) is 3.26. The second kappa shape index (κ2) is 7.94. The number of hydrogen-bond donors (Lipinski definition) is 3. The van der Waals surface area contributed by atoms with Gasteiger partial charge in [0, 0.05) is 18.3 Å². The average molecular weight is 422 g/mol. The zero-order chi connectivity index (χ0) is 21.5. The Bertz CT molecular complexity index is 1090. The zero-order valence-corrected chi connectivity index (χ0v) is 17.5. The number of amides is 1. The van der Waals surface area contributed by atoms with Crippen LogP contribution >= 0.6 is 0 Å². The Morgan fingerprint density at radius 3 is 2.61 bits per heavy atom. The van der Waals surface area contributed by atoms with Gasteiger partial charge >= 0.3 is 0 Å². The molecule has 0 aliphatic carbocycles. The van der Waals surface area contributed by atoms with Crippen molar-refractivity contribution in [2.75, 3.05) is 11.9 Å². The van der Waals surface area contributed by atoms with E-state index < -0.39 is 0 Å². The molecule has 3 N–H and O–H groups in total. The maximum Gasteiger partial charge on any atom is 0.256 e. The predicted octanol–water partition coefficient (Wildman–Crippen LogP) is 2.31. The Hall–Kier alpha value is -2.97. The third-order valence-electron chi connectivity index (χ3n) is 6.70. The molecule has 8 heteroatoms. The number of aromatic nitrogens is 3. The fourth-order valence-corrected chi connectivity index (χ4v) is 5.19. The molecule has 0 radical (unpaired) electrons. The van der Waals surface area contributed by atoms with Gasteiger partial charge in [-0.1, -0.05) is 30.3 Å². The Labute approximate surface area is 180 Å². The number of carbonyl (C=O) groups is 1. The van der Waals surface area contributed by atoms with Gasteiger partial charge < -0.3 is 20.4 Å². The second-order valence-corrected chi connectivity index (χ2v) is 8.58. The smallest absolute Gasteiger partial charge is 0.256 e. The van der Waals surface area contributed by atoms with E-state index in [0.717, 1.165) is 29.5 Å². The molecule has 2 saturated heterocycles. The van der Waals surface area contributed by atoms with Crippen molar-refractivity contribution in [3.63, 3.8) is 0 Å². The number of aryl methyl sites for hydroxylation is 1. The van der Waals surface area contributed by atoms with E-state index in [-0.39, 0.29) is 36.7 Å². The molecule has 3 aromatic rings. The van der Waals surface area contributed by atoms with Crippen LogP contribution in [-0.4, -0.2) is 60.4 Å². The molecule has 2 aromatic heterocycles. The molecule has 0 saturated carbocycles. The fraction of sp³-hybridized carbons (Fsp3) is 0.435. The first-order valence-electron chi connectivity index (χ1n) is 10.8. The van der Waals surface area contributed by atoms with Gasteiger partial charge in [-0.05, 0) is 43.7 Å². The Balaban J connectivity index is 1.49. The first-order chi connectivity index (χ1) is 15.1. The number of rotatable bonds is 5. The largest absolute Gasteiger partial charge is 0.394 e. The van der Waals surface area contributed by atoms with Gasteiger partial charge in [0.25, 0.3) is 5.91 Å². The van der Waals surface area contributed by atoms with Crippen molar-refractivity contribution in [2.45, 2.75) is 56.8 Å². The van der Waals surface area contributed by atoms with Gasteiger partial charge in [-0.2, -0.15) is 5.10 Å². The summed E-state index contributed by atoms with van der Waals surface area (Å²) in [5.74, 6) is 0.571. The van der Waals surface area contributed by atoms with Gasteiger partial charge in [0.1, 0.15) is 11.8 Å². The molecule has 5 rings (SSSR count). The molecule has 1 amide bonds. The number of fused-ring (bicyclic) bond motifs is 3. The van der Waals surface area contributed by atoms with Crippen molar-refractivity contribution < 1.29 is 15.0 Å². The topological polar surface area (TPSA) is 103 Å². The molecule has 2 aliphatic rings. The van der Waals surface area contributed by atoms with Gasteiger partial charge in [0.15, 0.2) is 5.82 Å². The van der Waals surface area contributed by atoms with E-state index in [4.69, 9.17) is 0 Å². The highest BCUT2D eigenvalue weighted by atomic mass is 16.3. The molecular formula is C23H27N5O3. The molecular weight excluding hydrogens is 394 g/mol. The predicted molar refractivity (Wildman–Crippen MR) is 116 cm³/mol. The molecule has 3 unspecified atom stereocenters. The van der Waals surface area contributed by atoms with Gasteiger partial charge in [-0.3, -0.25) is 4.79 Å². The summed E-state index contributed by atoms with van der Waals surface area (Å²) >= 11 is 0. The summed E-state index contributed by atoms with van der Waals surface area (Å²) < 4.78 is 1.68. The summed E-state index contributed by atoms with van der Waals surface area (Å²) in [6.45, 7) is 1.82. The van der Waals surface area contributed by atoms with E-state index in [1.807, 2.05) is 42.2 Å². The Kier molecular flexibility index (Phi) is 5.11. The van der Waals surface area contributed by atoms with Crippen molar-refractivity contribution in [2.24, 2.45) is 0 Å². The Morgan fingerprint density at radius 2 is 1.94 bits per heavy atom. The van der Waals surface area contributed by atoms with Crippen LogP contribution in [0.25, 0.3) is 5.52 Å². The molecule has 31 heavy (non-hydrogen) atoms. The van der Waals surface area contributed by atoms with E-state index in [2.05, 4.69) is 15.4 Å². The maximum atomic E-state index is 13.5. The van der Waals surface area contributed by atoms with Crippen LogP contribution in [0.1, 0.15) is 53.2 Å². The summed E-state index contributed by atoms with van der Waals surface area (Å²) in [7, 11) is 0. The SMILES string of the molecule is Cc1c(C(=O)N2C3CCC2CC(O)C3)cn2ncnc(NC(CO)c3ccccc3)c12. The van der Waals surface area contributed by atoms with E-state index in [1.165, 1.54) is 6.33 Å². The van der Waals surface area contributed by atoms with Crippen LogP contribution in [0.15, 0.2) is 42.9 Å². The lowest BCUT2D eigenvalue weighted by atomic mass is 9.98. The summed E-state index contributed by atoms with van der Waals surface area (Å²) in [5.41, 5.74) is 3.09. The number of nitrogens with one attached hydrogen (secondary N) is 1. The minimum absolute atomic E-state index is 0.00452. The number of carbonyl (C=O) groups excluding carboxylic acids is 1. The highest BCUT2D eigenvalue weighted by Gasteiger charge is 2.43. The third-order valence-corrected chi connectivity index (χ3v) is 6.70. The molecule has 2 bridgehead atoms. The highest BCUT2D eigenvalue weighted by molar-refractivity contribution is 5.99. The monoisotopic (exact) mass is 421 g/mol. The number of anilines is 1. The standard InChI is InChI=1S/C23H27N5O3/c1-14-19(23(31)28-16-7-8-17(28)10-18(30)9-16)11-27-21(14)22(24-13-25-27)26-20(12-29)15-5-3-2-4-6-15/h2-6,11,13,16-18,20,29-30H,7-10,12H2,1H3,(H,24,25,26). The maximum absolute atomic E-state index is 13.5. The van der Waals surface area contributed by atoms with Crippen LogP contribution in [0.5, 0.6) is 0 Å². The number of hydrogen-bond acceptors (Lipinski definition) is 6. The van der Waals surface area contributed by atoms with Gasteiger partial charge in [0.05, 0.1) is 24.3 Å². The Morgan fingerprint density at radius 1 is 1.23 bits per heavy atom. The third kappa shape index (κ3) is 3.45.